The Labute approximate surface area is 99.3 Å². The van der Waals surface area contributed by atoms with Crippen molar-refractivity contribution in [1.29, 1.82) is 0 Å². The van der Waals surface area contributed by atoms with Gasteiger partial charge < -0.3 is 10.8 Å². The zero-order valence-electron chi connectivity index (χ0n) is 9.43. The van der Waals surface area contributed by atoms with Gasteiger partial charge in [-0.15, -0.1) is 0 Å². The fraction of sp³-hybridized carbons (Fsp3) is 0.455. The van der Waals surface area contributed by atoms with Crippen LogP contribution in [0.1, 0.15) is 26.7 Å². The molecule has 5 heteroatoms. The largest absolute Gasteiger partial charge is 0.480 e. The lowest BCUT2D eigenvalue weighted by atomic mass is 10.1. The summed E-state index contributed by atoms with van der Waals surface area (Å²) >= 11 is 1.21. The van der Waals surface area contributed by atoms with Gasteiger partial charge in [-0.1, -0.05) is 25.1 Å². The second-order valence-corrected chi connectivity index (χ2v) is 5.28. The van der Waals surface area contributed by atoms with Crippen molar-refractivity contribution >= 4 is 23.4 Å². The van der Waals surface area contributed by atoms with E-state index in [4.69, 9.17) is 5.73 Å². The summed E-state index contributed by atoms with van der Waals surface area (Å²) in [6.45, 7) is 3.67. The first-order chi connectivity index (χ1) is 7.49. The molecule has 0 fully saturated rings. The molecule has 1 aromatic rings. The van der Waals surface area contributed by atoms with Crippen molar-refractivity contribution in [2.24, 2.45) is 0 Å². The molecule has 0 saturated carbocycles. The van der Waals surface area contributed by atoms with Gasteiger partial charge in [0.2, 0.25) is 0 Å². The Bertz CT molecular complexity index is 384. The highest BCUT2D eigenvalue weighted by Gasteiger charge is 2.34. The molecule has 1 heterocycles. The third-order valence-electron chi connectivity index (χ3n) is 2.30. The number of aromatic nitrogens is 1. The smallest absolute Gasteiger partial charge is 0.319 e. The van der Waals surface area contributed by atoms with E-state index in [-0.39, 0.29) is 0 Å². The maximum atomic E-state index is 11.2. The fourth-order valence-corrected chi connectivity index (χ4v) is 2.50. The van der Waals surface area contributed by atoms with Crippen molar-refractivity contribution in [2.75, 3.05) is 5.73 Å². The lowest BCUT2D eigenvalue weighted by Crippen LogP contribution is -2.31. The summed E-state index contributed by atoms with van der Waals surface area (Å²) in [6, 6.07) is 3.46. The van der Waals surface area contributed by atoms with Gasteiger partial charge in [-0.2, -0.15) is 0 Å². The van der Waals surface area contributed by atoms with E-state index < -0.39 is 10.7 Å². The first-order valence-electron chi connectivity index (χ1n) is 5.12. The van der Waals surface area contributed by atoms with Crippen LogP contribution in [0, 0.1) is 0 Å². The number of rotatable bonds is 5. The van der Waals surface area contributed by atoms with Crippen LogP contribution >= 0.6 is 11.8 Å². The minimum atomic E-state index is -0.864. The van der Waals surface area contributed by atoms with E-state index in [1.165, 1.54) is 11.8 Å². The fourth-order valence-electron chi connectivity index (χ4n) is 1.38. The molecule has 16 heavy (non-hydrogen) atoms. The zero-order valence-corrected chi connectivity index (χ0v) is 10.3. The number of pyridine rings is 1. The molecule has 0 aliphatic carbocycles. The number of carbonyl (C=O) groups is 1. The number of thioether (sulfide) groups is 1. The van der Waals surface area contributed by atoms with Crippen LogP contribution in [0.2, 0.25) is 0 Å². The Hall–Kier alpha value is -1.23. The van der Waals surface area contributed by atoms with E-state index in [0.29, 0.717) is 17.1 Å². The summed E-state index contributed by atoms with van der Waals surface area (Å²) in [5.41, 5.74) is 6.27. The lowest BCUT2D eigenvalue weighted by molar-refractivity contribution is -0.139. The topological polar surface area (TPSA) is 76.2 Å². The number of carboxylic acid groups (broad SMARTS) is 1. The van der Waals surface area contributed by atoms with Crippen molar-refractivity contribution in [1.82, 2.24) is 4.98 Å². The number of hydrogen-bond acceptors (Lipinski definition) is 4. The minimum Gasteiger partial charge on any atom is -0.480 e. The van der Waals surface area contributed by atoms with Gasteiger partial charge in [0, 0.05) is 6.20 Å². The molecule has 1 aromatic heterocycles. The van der Waals surface area contributed by atoms with E-state index in [9.17, 15) is 9.90 Å². The first-order valence-corrected chi connectivity index (χ1v) is 5.94. The monoisotopic (exact) mass is 240 g/mol. The Morgan fingerprint density at radius 3 is 2.88 bits per heavy atom. The molecule has 0 saturated heterocycles. The van der Waals surface area contributed by atoms with Gasteiger partial charge in [0.1, 0.15) is 9.77 Å². The molecule has 3 N–H and O–H groups in total. The van der Waals surface area contributed by atoms with Crippen LogP contribution < -0.4 is 5.73 Å². The van der Waals surface area contributed by atoms with Crippen molar-refractivity contribution in [3.63, 3.8) is 0 Å². The summed E-state index contributed by atoms with van der Waals surface area (Å²) in [7, 11) is 0. The van der Waals surface area contributed by atoms with Crippen LogP contribution in [0.4, 0.5) is 5.69 Å². The Balaban J connectivity index is 2.92. The molecule has 0 aromatic carbocycles. The Morgan fingerprint density at radius 2 is 2.38 bits per heavy atom. The highest BCUT2D eigenvalue weighted by molar-refractivity contribution is 8.01. The van der Waals surface area contributed by atoms with E-state index in [0.717, 1.165) is 6.42 Å². The molecule has 88 valence electrons. The van der Waals surface area contributed by atoms with Crippen LogP contribution in [0.3, 0.4) is 0 Å². The molecule has 0 radical (unpaired) electrons. The highest BCUT2D eigenvalue weighted by atomic mass is 32.2. The number of aliphatic carboxylic acids is 1. The highest BCUT2D eigenvalue weighted by Crippen LogP contribution is 2.37. The number of anilines is 1. The molecule has 4 nitrogen and oxygen atoms in total. The van der Waals surface area contributed by atoms with Crippen LogP contribution in [0.15, 0.2) is 23.4 Å². The van der Waals surface area contributed by atoms with Gasteiger partial charge >= 0.3 is 5.97 Å². The number of nitrogen functional groups attached to an aromatic ring is 1. The molecule has 1 atom stereocenters. The molecule has 1 unspecified atom stereocenters. The van der Waals surface area contributed by atoms with E-state index >= 15 is 0 Å². The second-order valence-electron chi connectivity index (χ2n) is 3.79. The summed E-state index contributed by atoms with van der Waals surface area (Å²) in [5.74, 6) is -0.829. The third-order valence-corrected chi connectivity index (χ3v) is 3.67. The van der Waals surface area contributed by atoms with Crippen molar-refractivity contribution in [3.05, 3.63) is 18.3 Å². The molecule has 0 amide bonds. The average Bonchev–Trinajstić information content (AvgIpc) is 2.21. The maximum absolute atomic E-state index is 11.2. The number of hydrogen-bond donors (Lipinski definition) is 2. The SMILES string of the molecule is CCCC(C)(Sc1ncccc1N)C(=O)O. The maximum Gasteiger partial charge on any atom is 0.319 e. The number of nitrogens with zero attached hydrogens (tertiary/aromatic N) is 1. The summed E-state index contributed by atoms with van der Waals surface area (Å²) in [4.78, 5) is 15.3. The molecule has 0 aliphatic rings. The van der Waals surface area contributed by atoms with Crippen LogP contribution in [-0.4, -0.2) is 20.8 Å². The first kappa shape index (κ1) is 12.8. The quantitative estimate of drug-likeness (QED) is 0.773. The van der Waals surface area contributed by atoms with E-state index in [1.54, 1.807) is 25.3 Å². The lowest BCUT2D eigenvalue weighted by Gasteiger charge is -2.23. The van der Waals surface area contributed by atoms with E-state index in [2.05, 4.69) is 4.98 Å². The van der Waals surface area contributed by atoms with Gasteiger partial charge in [0.05, 0.1) is 5.69 Å². The van der Waals surface area contributed by atoms with Crippen LogP contribution in [-0.2, 0) is 4.79 Å². The summed E-state index contributed by atoms with van der Waals surface area (Å²) in [5, 5.41) is 9.81. The van der Waals surface area contributed by atoms with Gasteiger partial charge in [0.25, 0.3) is 0 Å². The molecular weight excluding hydrogens is 224 g/mol. The second kappa shape index (κ2) is 5.21. The average molecular weight is 240 g/mol. The third kappa shape index (κ3) is 2.88. The van der Waals surface area contributed by atoms with Gasteiger partial charge in [-0.3, -0.25) is 4.79 Å². The Morgan fingerprint density at radius 1 is 1.69 bits per heavy atom. The van der Waals surface area contributed by atoms with Gasteiger partial charge in [-0.05, 0) is 25.5 Å². The molecule has 0 aliphatic heterocycles. The van der Waals surface area contributed by atoms with Gasteiger partial charge in [0.15, 0.2) is 0 Å². The normalized spacial score (nSPS) is 14.4. The molecular formula is C11H16N2O2S. The van der Waals surface area contributed by atoms with Gasteiger partial charge in [-0.25, -0.2) is 4.98 Å². The standard InChI is InChI=1S/C11H16N2O2S/c1-3-6-11(2,10(14)15)16-9-8(12)5-4-7-13-9/h4-5,7H,3,6,12H2,1-2H3,(H,14,15). The molecule has 1 rings (SSSR count). The van der Waals surface area contributed by atoms with Crippen LogP contribution in [0.25, 0.3) is 0 Å². The number of nitrogens with two attached hydrogens (primary N) is 1. The predicted octanol–water partition coefficient (Wildman–Crippen LogP) is 2.40. The van der Waals surface area contributed by atoms with Crippen LogP contribution in [0.5, 0.6) is 0 Å². The Kier molecular flexibility index (Phi) is 4.18. The van der Waals surface area contributed by atoms with Crippen molar-refractivity contribution < 1.29 is 9.90 Å². The minimum absolute atomic E-state index is 0.524. The zero-order chi connectivity index (χ0) is 12.2. The summed E-state index contributed by atoms with van der Waals surface area (Å²) < 4.78 is -0.864. The summed E-state index contributed by atoms with van der Waals surface area (Å²) in [6.07, 6.45) is 3.01. The molecule has 0 bridgehead atoms. The van der Waals surface area contributed by atoms with Crippen molar-refractivity contribution in [2.45, 2.75) is 36.5 Å². The predicted molar refractivity (Wildman–Crippen MR) is 65.5 cm³/mol. The number of carboxylic acids is 1. The van der Waals surface area contributed by atoms with Crippen molar-refractivity contribution in [3.8, 4) is 0 Å². The molecule has 0 spiro atoms. The van der Waals surface area contributed by atoms with E-state index in [1.807, 2.05) is 6.92 Å².